The zero-order valence-electron chi connectivity index (χ0n) is 32.7. The maximum absolute atomic E-state index is 12.6. The van der Waals surface area contributed by atoms with Crippen LogP contribution in [0.15, 0.2) is 48.6 Å². The van der Waals surface area contributed by atoms with Crippen LogP contribution in [0.5, 0.6) is 0 Å². The van der Waals surface area contributed by atoms with E-state index >= 15 is 0 Å². The van der Waals surface area contributed by atoms with E-state index in [-0.39, 0.29) is 31.6 Å². The minimum atomic E-state index is -0.807. The van der Waals surface area contributed by atoms with Gasteiger partial charge >= 0.3 is 17.9 Å². The molecule has 0 aliphatic carbocycles. The van der Waals surface area contributed by atoms with Crippen LogP contribution in [-0.2, 0) is 28.6 Å². The summed E-state index contributed by atoms with van der Waals surface area (Å²) in [6.07, 6.45) is 44.1. The van der Waals surface area contributed by atoms with Crippen molar-refractivity contribution in [2.75, 3.05) is 13.2 Å². The van der Waals surface area contributed by atoms with Crippen LogP contribution in [0.1, 0.15) is 194 Å². The summed E-state index contributed by atoms with van der Waals surface area (Å²) in [5, 5.41) is 0. The van der Waals surface area contributed by atoms with Gasteiger partial charge in [0.1, 0.15) is 13.2 Å². The third-order valence-corrected chi connectivity index (χ3v) is 8.60. The summed E-state index contributed by atoms with van der Waals surface area (Å²) in [4.78, 5) is 37.4. The first kappa shape index (κ1) is 47.4. The van der Waals surface area contributed by atoms with Crippen LogP contribution in [0.25, 0.3) is 0 Å². The molecule has 0 N–H and O–H groups in total. The molecule has 0 aliphatic rings. The highest BCUT2D eigenvalue weighted by Crippen LogP contribution is 2.13. The lowest BCUT2D eigenvalue weighted by Crippen LogP contribution is -2.30. The lowest BCUT2D eigenvalue weighted by molar-refractivity contribution is -0.166. The molecule has 0 aromatic heterocycles. The fourth-order valence-corrected chi connectivity index (χ4v) is 5.50. The van der Waals surface area contributed by atoms with Crippen LogP contribution in [-0.4, -0.2) is 37.2 Å². The zero-order valence-corrected chi connectivity index (χ0v) is 32.7. The van der Waals surface area contributed by atoms with Crippen molar-refractivity contribution in [3.05, 3.63) is 48.6 Å². The first-order valence-electron chi connectivity index (χ1n) is 20.6. The molecule has 0 amide bonds. The number of carbonyl (C=O) groups excluding carboxylic acids is 3. The first-order valence-corrected chi connectivity index (χ1v) is 20.6. The van der Waals surface area contributed by atoms with Crippen molar-refractivity contribution in [2.24, 2.45) is 0 Å². The highest BCUT2D eigenvalue weighted by molar-refractivity contribution is 5.72. The fourth-order valence-electron chi connectivity index (χ4n) is 5.50. The fraction of sp³-hybridized carbons (Fsp3) is 0.750. The summed E-state index contributed by atoms with van der Waals surface area (Å²) in [7, 11) is 0. The van der Waals surface area contributed by atoms with Crippen molar-refractivity contribution in [3.63, 3.8) is 0 Å². The molecule has 6 nitrogen and oxygen atoms in total. The normalized spacial score (nSPS) is 12.5. The molecule has 0 rings (SSSR count). The average Bonchev–Trinajstić information content (AvgIpc) is 3.11. The van der Waals surface area contributed by atoms with Gasteiger partial charge in [-0.15, -0.1) is 0 Å². The van der Waals surface area contributed by atoms with E-state index in [0.717, 1.165) is 70.6 Å². The number of rotatable bonds is 36. The molecule has 50 heavy (non-hydrogen) atoms. The molecule has 0 aliphatic heterocycles. The average molecular weight is 701 g/mol. The molecule has 1 atom stereocenters. The first-order chi connectivity index (χ1) is 24.5. The zero-order chi connectivity index (χ0) is 36.6. The van der Waals surface area contributed by atoms with Crippen molar-refractivity contribution in [1.29, 1.82) is 0 Å². The number of ether oxygens (including phenoxy) is 3. The second kappa shape index (κ2) is 39.2. The molecule has 0 bridgehead atoms. The molecule has 0 saturated carbocycles. The lowest BCUT2D eigenvalue weighted by Gasteiger charge is -2.18. The second-order valence-electron chi connectivity index (χ2n) is 13.5. The van der Waals surface area contributed by atoms with Crippen LogP contribution < -0.4 is 0 Å². The van der Waals surface area contributed by atoms with E-state index in [2.05, 4.69) is 57.2 Å². The summed E-state index contributed by atoms with van der Waals surface area (Å²) < 4.78 is 16.5. The summed E-state index contributed by atoms with van der Waals surface area (Å²) in [5.41, 5.74) is 0. The Bertz CT molecular complexity index is 902. The smallest absolute Gasteiger partial charge is 0.309 e. The van der Waals surface area contributed by atoms with Crippen LogP contribution in [0.2, 0.25) is 0 Å². The quantitative estimate of drug-likeness (QED) is 0.0280. The standard InChI is InChI=1S/C44H76O6/c1-4-7-10-13-16-19-21-22-23-26-28-31-34-37-43(46)49-40-41(39-48-42(45)36-33-30-27-24-18-15-12-9-6-3)50-44(47)38-35-32-29-25-20-17-14-11-8-5-2/h9,12,18,22-24,30,33,41H,4-8,10-11,13-17,19-21,25-29,31-32,34-40H2,1-3H3/b12-9-,23-22-,24-18-,33-30-. The maximum atomic E-state index is 12.6. The van der Waals surface area contributed by atoms with Crippen molar-refractivity contribution in [2.45, 2.75) is 200 Å². The van der Waals surface area contributed by atoms with E-state index in [4.69, 9.17) is 14.2 Å². The van der Waals surface area contributed by atoms with Crippen LogP contribution in [0, 0.1) is 0 Å². The van der Waals surface area contributed by atoms with E-state index in [9.17, 15) is 14.4 Å². The molecule has 0 radical (unpaired) electrons. The van der Waals surface area contributed by atoms with Crippen molar-refractivity contribution in [3.8, 4) is 0 Å². The number of hydrogen-bond donors (Lipinski definition) is 0. The SMILES string of the molecule is CC/C=C\C/C=C\C/C=C\CC(=O)OCC(COC(=O)CCCCC/C=C\CCCCCCCC)OC(=O)CCCCCCCCCCCC. The summed E-state index contributed by atoms with van der Waals surface area (Å²) in [6.45, 7) is 6.36. The number of hydrogen-bond acceptors (Lipinski definition) is 6. The molecule has 0 aromatic carbocycles. The Labute approximate surface area is 307 Å². The molecule has 0 heterocycles. The maximum Gasteiger partial charge on any atom is 0.309 e. The molecule has 288 valence electrons. The third-order valence-electron chi connectivity index (χ3n) is 8.60. The summed E-state index contributed by atoms with van der Waals surface area (Å²) in [5.74, 6) is -1.06. The topological polar surface area (TPSA) is 78.9 Å². The lowest BCUT2D eigenvalue weighted by atomic mass is 10.1. The predicted octanol–water partition coefficient (Wildman–Crippen LogP) is 12.8. The molecule has 0 saturated heterocycles. The molecule has 0 aromatic rings. The van der Waals surface area contributed by atoms with Crippen molar-refractivity contribution >= 4 is 17.9 Å². The molecule has 1 unspecified atom stereocenters. The third kappa shape index (κ3) is 36.6. The molecule has 0 fully saturated rings. The van der Waals surface area contributed by atoms with Gasteiger partial charge in [-0.05, 0) is 57.8 Å². The number of esters is 3. The Hall–Kier alpha value is -2.63. The van der Waals surface area contributed by atoms with Crippen molar-refractivity contribution < 1.29 is 28.6 Å². The van der Waals surface area contributed by atoms with Crippen molar-refractivity contribution in [1.82, 2.24) is 0 Å². The minimum absolute atomic E-state index is 0.107. The Balaban J connectivity index is 4.46. The minimum Gasteiger partial charge on any atom is -0.462 e. The Morgan fingerprint density at radius 1 is 0.440 bits per heavy atom. The molecule has 6 heteroatoms. The summed E-state index contributed by atoms with van der Waals surface area (Å²) >= 11 is 0. The van der Waals surface area contributed by atoms with Gasteiger partial charge in [-0.1, -0.05) is 166 Å². The predicted molar refractivity (Wildman–Crippen MR) is 210 cm³/mol. The van der Waals surface area contributed by atoms with Crippen LogP contribution in [0.4, 0.5) is 0 Å². The van der Waals surface area contributed by atoms with Gasteiger partial charge in [-0.3, -0.25) is 14.4 Å². The monoisotopic (exact) mass is 701 g/mol. The van der Waals surface area contributed by atoms with Gasteiger partial charge in [0.25, 0.3) is 0 Å². The number of allylic oxidation sites excluding steroid dienone is 7. The molecule has 0 spiro atoms. The summed E-state index contributed by atoms with van der Waals surface area (Å²) in [6, 6.07) is 0. The molecular formula is C44H76O6. The van der Waals surface area contributed by atoms with Gasteiger partial charge in [0.2, 0.25) is 0 Å². The Kier molecular flexibility index (Phi) is 37.1. The number of carbonyl (C=O) groups is 3. The molecular weight excluding hydrogens is 624 g/mol. The van der Waals surface area contributed by atoms with Crippen LogP contribution >= 0.6 is 0 Å². The van der Waals surface area contributed by atoms with E-state index in [1.54, 1.807) is 6.08 Å². The second-order valence-corrected chi connectivity index (χ2v) is 13.5. The highest BCUT2D eigenvalue weighted by Gasteiger charge is 2.19. The van der Waals surface area contributed by atoms with E-state index < -0.39 is 12.1 Å². The van der Waals surface area contributed by atoms with E-state index in [0.29, 0.717) is 12.8 Å². The van der Waals surface area contributed by atoms with Gasteiger partial charge in [0.15, 0.2) is 6.10 Å². The number of unbranched alkanes of at least 4 members (excludes halogenated alkanes) is 18. The van der Waals surface area contributed by atoms with Gasteiger partial charge in [-0.25, -0.2) is 0 Å². The van der Waals surface area contributed by atoms with Gasteiger partial charge in [0.05, 0.1) is 6.42 Å². The van der Waals surface area contributed by atoms with E-state index in [1.807, 2.05) is 6.08 Å². The Morgan fingerprint density at radius 3 is 1.40 bits per heavy atom. The largest absolute Gasteiger partial charge is 0.462 e. The van der Waals surface area contributed by atoms with Gasteiger partial charge in [0, 0.05) is 12.8 Å². The Morgan fingerprint density at radius 2 is 0.860 bits per heavy atom. The van der Waals surface area contributed by atoms with Gasteiger partial charge in [-0.2, -0.15) is 0 Å². The van der Waals surface area contributed by atoms with E-state index in [1.165, 1.54) is 83.5 Å². The van der Waals surface area contributed by atoms with Gasteiger partial charge < -0.3 is 14.2 Å². The van der Waals surface area contributed by atoms with Crippen LogP contribution in [0.3, 0.4) is 0 Å². The highest BCUT2D eigenvalue weighted by atomic mass is 16.6.